The van der Waals surface area contributed by atoms with Gasteiger partial charge in [0.1, 0.15) is 11.5 Å². The molecule has 0 saturated carbocycles. The maximum Gasteiger partial charge on any atom is 0.341 e. The van der Waals surface area contributed by atoms with E-state index < -0.39 is 11.6 Å². The molecule has 0 amide bonds. The minimum Gasteiger partial charge on any atom is -0.456 e. The molecule has 4 aromatic rings. The number of carbonyl (C=O) groups excluding carboxylic acids is 1. The van der Waals surface area contributed by atoms with Crippen molar-refractivity contribution in [2.24, 2.45) is 0 Å². The van der Waals surface area contributed by atoms with Crippen molar-refractivity contribution in [1.82, 2.24) is 0 Å². The van der Waals surface area contributed by atoms with Gasteiger partial charge in [0.05, 0.1) is 10.6 Å². The van der Waals surface area contributed by atoms with E-state index in [1.165, 1.54) is 0 Å². The largest absolute Gasteiger partial charge is 0.456 e. The fraction of sp³-hybridized carbons (Fsp3) is 0.0385. The number of nitrogens with one attached hydrogen (secondary N) is 1. The van der Waals surface area contributed by atoms with Gasteiger partial charge in [0, 0.05) is 28.1 Å². The maximum atomic E-state index is 13.2. The second kappa shape index (κ2) is 6.62. The Morgan fingerprint density at radius 2 is 1.35 bits per heavy atom. The predicted molar refractivity (Wildman–Crippen MR) is 119 cm³/mol. The number of fused-ring (bicyclic) bond motifs is 6. The van der Waals surface area contributed by atoms with Gasteiger partial charge in [-0.2, -0.15) is 0 Å². The van der Waals surface area contributed by atoms with Gasteiger partial charge in [-0.25, -0.2) is 4.79 Å². The van der Waals surface area contributed by atoms with E-state index in [0.717, 1.165) is 22.5 Å². The van der Waals surface area contributed by atoms with Crippen LogP contribution < -0.4 is 10.1 Å². The van der Waals surface area contributed by atoms with Crippen molar-refractivity contribution in [2.75, 3.05) is 5.32 Å². The summed E-state index contributed by atoms with van der Waals surface area (Å²) in [7, 11) is 0. The fourth-order valence-corrected chi connectivity index (χ4v) is 4.74. The van der Waals surface area contributed by atoms with Gasteiger partial charge in [0.2, 0.25) is 0 Å². The molecule has 6 rings (SSSR count). The van der Waals surface area contributed by atoms with Crippen LogP contribution in [0.15, 0.2) is 91.0 Å². The van der Waals surface area contributed by atoms with Crippen molar-refractivity contribution in [3.63, 3.8) is 0 Å². The molecule has 0 aromatic heterocycles. The Morgan fingerprint density at radius 1 is 0.742 bits per heavy atom. The Balaban J connectivity index is 1.70. The molecular weight excluding hydrogens is 410 g/mol. The van der Waals surface area contributed by atoms with Gasteiger partial charge >= 0.3 is 5.97 Å². The average Bonchev–Trinajstić information content (AvgIpc) is 3.11. The number of rotatable bonds is 2. The molecule has 0 bridgehead atoms. The zero-order chi connectivity index (χ0) is 21.0. The van der Waals surface area contributed by atoms with Crippen LogP contribution in [0.25, 0.3) is 0 Å². The monoisotopic (exact) mass is 425 g/mol. The second-order valence-electron chi connectivity index (χ2n) is 7.50. The molecule has 0 unspecified atom stereocenters. The molecule has 150 valence electrons. The zero-order valence-electron chi connectivity index (χ0n) is 16.3. The van der Waals surface area contributed by atoms with E-state index in [9.17, 15) is 4.79 Å². The van der Waals surface area contributed by atoms with Crippen molar-refractivity contribution in [3.8, 4) is 11.5 Å². The van der Waals surface area contributed by atoms with Crippen molar-refractivity contribution >= 4 is 28.9 Å². The summed E-state index contributed by atoms with van der Waals surface area (Å²) < 4.78 is 12.4. The van der Waals surface area contributed by atoms with Crippen LogP contribution in [0.4, 0.5) is 11.4 Å². The normalized spacial score (nSPS) is 14.8. The van der Waals surface area contributed by atoms with E-state index in [-0.39, 0.29) is 0 Å². The molecule has 1 spiro atoms. The summed E-state index contributed by atoms with van der Waals surface area (Å²) in [5.41, 5.74) is 3.07. The van der Waals surface area contributed by atoms with Gasteiger partial charge < -0.3 is 14.8 Å². The summed E-state index contributed by atoms with van der Waals surface area (Å²) in [5.74, 6) is 0.836. The molecule has 4 aromatic carbocycles. The van der Waals surface area contributed by atoms with E-state index in [4.69, 9.17) is 21.1 Å². The van der Waals surface area contributed by atoms with E-state index in [2.05, 4.69) is 5.32 Å². The summed E-state index contributed by atoms with van der Waals surface area (Å²) in [6.07, 6.45) is 0. The minimum absolute atomic E-state index is 0.358. The first-order valence-corrected chi connectivity index (χ1v) is 10.3. The molecule has 5 heteroatoms. The number of hydrogen-bond donors (Lipinski definition) is 1. The topological polar surface area (TPSA) is 47.6 Å². The Morgan fingerprint density at radius 3 is 2.03 bits per heavy atom. The maximum absolute atomic E-state index is 13.2. The molecule has 0 fully saturated rings. The highest BCUT2D eigenvalue weighted by atomic mass is 35.5. The minimum atomic E-state index is -1.17. The first-order valence-electron chi connectivity index (χ1n) is 9.94. The third-order valence-corrected chi connectivity index (χ3v) is 6.08. The fourth-order valence-electron chi connectivity index (χ4n) is 4.50. The van der Waals surface area contributed by atoms with Crippen LogP contribution in [0.5, 0.6) is 11.5 Å². The molecule has 1 N–H and O–H groups in total. The highest BCUT2D eigenvalue weighted by molar-refractivity contribution is 6.34. The zero-order valence-corrected chi connectivity index (χ0v) is 17.0. The molecular formula is C26H16ClNO3. The Hall–Kier alpha value is -3.76. The summed E-state index contributed by atoms with van der Waals surface area (Å²) in [6.45, 7) is 0. The summed E-state index contributed by atoms with van der Waals surface area (Å²) in [5, 5.41) is 3.81. The van der Waals surface area contributed by atoms with E-state index in [1.807, 2.05) is 84.9 Å². The summed E-state index contributed by atoms with van der Waals surface area (Å²) in [4.78, 5) is 13.2. The van der Waals surface area contributed by atoms with Gasteiger partial charge in [-0.1, -0.05) is 66.2 Å². The van der Waals surface area contributed by atoms with Crippen LogP contribution in [0, 0.1) is 0 Å². The quantitative estimate of drug-likeness (QED) is 0.365. The Kier molecular flexibility index (Phi) is 3.86. The first kappa shape index (κ1) is 18.0. The predicted octanol–water partition coefficient (Wildman–Crippen LogP) is 6.65. The van der Waals surface area contributed by atoms with Gasteiger partial charge in [0.15, 0.2) is 5.60 Å². The van der Waals surface area contributed by atoms with Gasteiger partial charge in [-0.15, -0.1) is 0 Å². The standard InChI is InChI=1S/C26H16ClNO3/c27-19-14-15-20(28-16-8-2-1-3-9-16)24-23(19)25(29)31-26(24)17-10-4-6-12-21(17)30-22-13-7-5-11-18(22)26/h1-15,28H. The van der Waals surface area contributed by atoms with Crippen molar-refractivity contribution in [2.45, 2.75) is 5.60 Å². The van der Waals surface area contributed by atoms with Crippen molar-refractivity contribution in [3.05, 3.63) is 118 Å². The van der Waals surface area contributed by atoms with Crippen LogP contribution in [0.1, 0.15) is 27.0 Å². The number of halogens is 1. The van der Waals surface area contributed by atoms with E-state index in [0.29, 0.717) is 27.6 Å². The van der Waals surface area contributed by atoms with Gasteiger partial charge in [-0.3, -0.25) is 0 Å². The van der Waals surface area contributed by atoms with Crippen LogP contribution in [0.3, 0.4) is 0 Å². The number of benzene rings is 4. The molecule has 0 aliphatic carbocycles. The molecule has 2 heterocycles. The number of carbonyl (C=O) groups is 1. The lowest BCUT2D eigenvalue weighted by molar-refractivity contribution is 0.0226. The third kappa shape index (κ3) is 2.52. The number of para-hydroxylation sites is 3. The lowest BCUT2D eigenvalue weighted by atomic mass is 9.77. The van der Waals surface area contributed by atoms with Crippen molar-refractivity contribution in [1.29, 1.82) is 0 Å². The molecule has 0 radical (unpaired) electrons. The smallest absolute Gasteiger partial charge is 0.341 e. The number of hydrogen-bond acceptors (Lipinski definition) is 4. The molecule has 2 aliphatic rings. The summed E-state index contributed by atoms with van der Waals surface area (Å²) >= 11 is 6.54. The highest BCUT2D eigenvalue weighted by Gasteiger charge is 2.55. The van der Waals surface area contributed by atoms with Crippen LogP contribution >= 0.6 is 11.6 Å². The Bertz CT molecular complexity index is 1300. The molecule has 0 saturated heterocycles. The lowest BCUT2D eigenvalue weighted by Crippen LogP contribution is -2.33. The third-order valence-electron chi connectivity index (χ3n) is 5.76. The first-order chi connectivity index (χ1) is 15.2. The molecule has 2 aliphatic heterocycles. The number of esters is 1. The number of ether oxygens (including phenoxy) is 2. The SMILES string of the molecule is O=C1OC2(c3ccccc3Oc3ccccc32)c2c(Nc3ccccc3)ccc(Cl)c21. The lowest BCUT2D eigenvalue weighted by Gasteiger charge is -2.37. The summed E-state index contributed by atoms with van der Waals surface area (Å²) in [6, 6.07) is 28.7. The van der Waals surface area contributed by atoms with Crippen LogP contribution in [-0.4, -0.2) is 5.97 Å². The second-order valence-corrected chi connectivity index (χ2v) is 7.91. The van der Waals surface area contributed by atoms with Crippen molar-refractivity contribution < 1.29 is 14.3 Å². The Labute approximate surface area is 184 Å². The number of anilines is 2. The van der Waals surface area contributed by atoms with E-state index >= 15 is 0 Å². The van der Waals surface area contributed by atoms with E-state index in [1.54, 1.807) is 6.07 Å². The van der Waals surface area contributed by atoms with Gasteiger partial charge in [-0.05, 0) is 36.4 Å². The van der Waals surface area contributed by atoms with Crippen LogP contribution in [-0.2, 0) is 10.3 Å². The molecule has 31 heavy (non-hydrogen) atoms. The molecule has 4 nitrogen and oxygen atoms in total. The average molecular weight is 426 g/mol. The van der Waals surface area contributed by atoms with Crippen LogP contribution in [0.2, 0.25) is 5.02 Å². The highest BCUT2D eigenvalue weighted by Crippen LogP contribution is 2.58. The molecule has 0 atom stereocenters. The van der Waals surface area contributed by atoms with Gasteiger partial charge in [0.25, 0.3) is 0 Å².